The van der Waals surface area contributed by atoms with Crippen LogP contribution < -0.4 is 5.73 Å². The van der Waals surface area contributed by atoms with Gasteiger partial charge in [0.05, 0.1) is 0 Å². The molecule has 0 aliphatic heterocycles. The fourth-order valence-corrected chi connectivity index (χ4v) is 1.59. The fraction of sp³-hybridized carbons (Fsp3) is 0.417. The molecule has 5 heteroatoms. The van der Waals surface area contributed by atoms with Crippen LogP contribution in [0.25, 0.3) is 0 Å². The first-order valence-electron chi connectivity index (χ1n) is 5.47. The Morgan fingerprint density at radius 1 is 1.53 bits per heavy atom. The van der Waals surface area contributed by atoms with Gasteiger partial charge in [0.25, 0.3) is 0 Å². The molecule has 0 saturated carbocycles. The van der Waals surface area contributed by atoms with Crippen LogP contribution >= 0.6 is 0 Å². The van der Waals surface area contributed by atoms with Gasteiger partial charge in [-0.1, -0.05) is 23.4 Å². The lowest BCUT2D eigenvalue weighted by Crippen LogP contribution is -2.27. The Hall–Kier alpha value is -1.62. The van der Waals surface area contributed by atoms with E-state index in [0.29, 0.717) is 18.5 Å². The molecule has 3 N–H and O–H groups in total. The molecule has 0 bridgehead atoms. The Kier molecular flexibility index (Phi) is 4.90. The maximum Gasteiger partial charge on any atom is 0.140 e. The van der Waals surface area contributed by atoms with Crippen LogP contribution in [0.2, 0.25) is 0 Å². The third-order valence-electron chi connectivity index (χ3n) is 2.87. The van der Waals surface area contributed by atoms with Crippen LogP contribution in [-0.4, -0.2) is 29.5 Å². The van der Waals surface area contributed by atoms with Gasteiger partial charge in [-0.15, -0.1) is 0 Å². The third kappa shape index (κ3) is 3.71. The number of benzene rings is 1. The highest BCUT2D eigenvalue weighted by atomic mass is 19.1. The first kappa shape index (κ1) is 13.4. The summed E-state index contributed by atoms with van der Waals surface area (Å²) in [6, 6.07) is 6.64. The first-order chi connectivity index (χ1) is 8.06. The summed E-state index contributed by atoms with van der Waals surface area (Å²) < 4.78 is 13.6. The van der Waals surface area contributed by atoms with Crippen LogP contribution in [0.3, 0.4) is 0 Å². The standard InChI is InChI=1S/C12H18FN3O/c1-9(10-5-3-4-6-11(10)13)16(2)8-7-12(14)15-17/h3-6,9,17H,7-8H2,1-2H3,(H2,14,15). The zero-order valence-electron chi connectivity index (χ0n) is 10.1. The molecule has 0 spiro atoms. The Labute approximate surface area is 101 Å². The van der Waals surface area contributed by atoms with Crippen LogP contribution in [0.5, 0.6) is 0 Å². The largest absolute Gasteiger partial charge is 0.409 e. The lowest BCUT2D eigenvalue weighted by molar-refractivity contribution is 0.260. The summed E-state index contributed by atoms with van der Waals surface area (Å²) in [5, 5.41) is 11.3. The molecule has 0 heterocycles. The van der Waals surface area contributed by atoms with E-state index >= 15 is 0 Å². The van der Waals surface area contributed by atoms with Crippen molar-refractivity contribution in [2.45, 2.75) is 19.4 Å². The topological polar surface area (TPSA) is 61.8 Å². The van der Waals surface area contributed by atoms with Gasteiger partial charge in [-0.25, -0.2) is 4.39 Å². The molecule has 17 heavy (non-hydrogen) atoms. The molecule has 1 atom stereocenters. The van der Waals surface area contributed by atoms with Crippen molar-refractivity contribution in [3.8, 4) is 0 Å². The molecule has 1 rings (SSSR count). The Bertz CT molecular complexity index is 395. The van der Waals surface area contributed by atoms with E-state index in [1.807, 2.05) is 24.9 Å². The number of hydrogen-bond donors (Lipinski definition) is 2. The number of nitrogens with two attached hydrogens (primary N) is 1. The van der Waals surface area contributed by atoms with Gasteiger partial charge in [-0.3, -0.25) is 4.90 Å². The van der Waals surface area contributed by atoms with Crippen molar-refractivity contribution in [1.29, 1.82) is 0 Å². The smallest absolute Gasteiger partial charge is 0.140 e. The molecular weight excluding hydrogens is 221 g/mol. The minimum absolute atomic E-state index is 0.0531. The van der Waals surface area contributed by atoms with Gasteiger partial charge >= 0.3 is 0 Å². The van der Waals surface area contributed by atoms with E-state index in [2.05, 4.69) is 5.16 Å². The van der Waals surface area contributed by atoms with E-state index in [1.165, 1.54) is 6.07 Å². The Morgan fingerprint density at radius 3 is 2.76 bits per heavy atom. The van der Waals surface area contributed by atoms with E-state index in [4.69, 9.17) is 10.9 Å². The van der Waals surface area contributed by atoms with Crippen molar-refractivity contribution in [2.24, 2.45) is 10.9 Å². The summed E-state index contributed by atoms with van der Waals surface area (Å²) in [7, 11) is 1.88. The highest BCUT2D eigenvalue weighted by molar-refractivity contribution is 5.79. The molecule has 0 saturated heterocycles. The number of oxime groups is 1. The molecule has 0 aliphatic rings. The summed E-state index contributed by atoms with van der Waals surface area (Å²) in [6.45, 7) is 2.52. The predicted molar refractivity (Wildman–Crippen MR) is 65.5 cm³/mol. The fourth-order valence-electron chi connectivity index (χ4n) is 1.59. The van der Waals surface area contributed by atoms with Crippen molar-refractivity contribution in [3.63, 3.8) is 0 Å². The summed E-state index contributed by atoms with van der Waals surface area (Å²) in [4.78, 5) is 1.95. The Balaban J connectivity index is 2.64. The van der Waals surface area contributed by atoms with Crippen LogP contribution in [0.1, 0.15) is 24.9 Å². The summed E-state index contributed by atoms with van der Waals surface area (Å²) in [6.07, 6.45) is 0.450. The van der Waals surface area contributed by atoms with Crippen molar-refractivity contribution in [3.05, 3.63) is 35.6 Å². The van der Waals surface area contributed by atoms with E-state index in [-0.39, 0.29) is 17.7 Å². The average Bonchev–Trinajstić information content (AvgIpc) is 2.35. The lowest BCUT2D eigenvalue weighted by Gasteiger charge is -2.25. The molecule has 94 valence electrons. The quantitative estimate of drug-likeness (QED) is 0.357. The van der Waals surface area contributed by atoms with Crippen LogP contribution in [-0.2, 0) is 0 Å². The molecule has 0 amide bonds. The third-order valence-corrected chi connectivity index (χ3v) is 2.87. The second kappa shape index (κ2) is 6.20. The molecule has 0 fully saturated rings. The molecule has 0 aliphatic carbocycles. The minimum Gasteiger partial charge on any atom is -0.409 e. The van der Waals surface area contributed by atoms with E-state index in [9.17, 15) is 4.39 Å². The van der Waals surface area contributed by atoms with Gasteiger partial charge in [0.1, 0.15) is 11.7 Å². The van der Waals surface area contributed by atoms with Gasteiger partial charge in [0, 0.05) is 24.6 Å². The average molecular weight is 239 g/mol. The van der Waals surface area contributed by atoms with Gasteiger partial charge in [0.2, 0.25) is 0 Å². The van der Waals surface area contributed by atoms with Crippen LogP contribution in [0.4, 0.5) is 4.39 Å². The minimum atomic E-state index is -0.212. The number of amidine groups is 1. The number of rotatable bonds is 5. The van der Waals surface area contributed by atoms with Crippen molar-refractivity contribution in [1.82, 2.24) is 4.90 Å². The summed E-state index contributed by atoms with van der Waals surface area (Å²) in [5.74, 6) is -0.0340. The number of nitrogens with zero attached hydrogens (tertiary/aromatic N) is 2. The monoisotopic (exact) mass is 239 g/mol. The van der Waals surface area contributed by atoms with Crippen LogP contribution in [0, 0.1) is 5.82 Å². The summed E-state index contributed by atoms with van der Waals surface area (Å²) in [5.41, 5.74) is 6.04. The number of hydrogen-bond acceptors (Lipinski definition) is 3. The zero-order valence-corrected chi connectivity index (χ0v) is 10.1. The van der Waals surface area contributed by atoms with Crippen molar-refractivity contribution in [2.75, 3.05) is 13.6 Å². The highest BCUT2D eigenvalue weighted by Crippen LogP contribution is 2.21. The molecule has 1 aromatic rings. The van der Waals surface area contributed by atoms with Gasteiger partial charge in [-0.05, 0) is 20.0 Å². The maximum atomic E-state index is 13.6. The Morgan fingerprint density at radius 2 is 2.18 bits per heavy atom. The number of halogens is 1. The molecule has 1 aromatic carbocycles. The molecular formula is C12H18FN3O. The second-order valence-electron chi connectivity index (χ2n) is 4.02. The maximum absolute atomic E-state index is 13.6. The zero-order chi connectivity index (χ0) is 12.8. The second-order valence-corrected chi connectivity index (χ2v) is 4.02. The van der Waals surface area contributed by atoms with Crippen molar-refractivity contribution >= 4 is 5.84 Å². The first-order valence-corrected chi connectivity index (χ1v) is 5.47. The van der Waals surface area contributed by atoms with Gasteiger partial charge in [-0.2, -0.15) is 0 Å². The highest BCUT2D eigenvalue weighted by Gasteiger charge is 2.15. The van der Waals surface area contributed by atoms with Gasteiger partial charge in [0.15, 0.2) is 0 Å². The van der Waals surface area contributed by atoms with E-state index < -0.39 is 0 Å². The normalized spacial score (nSPS) is 14.0. The molecule has 1 unspecified atom stereocenters. The van der Waals surface area contributed by atoms with E-state index in [0.717, 1.165) is 0 Å². The molecule has 4 nitrogen and oxygen atoms in total. The SMILES string of the molecule is CC(c1ccccc1F)N(C)CCC(N)=NO. The van der Waals surface area contributed by atoms with Gasteiger partial charge < -0.3 is 10.9 Å². The molecule has 0 aromatic heterocycles. The van der Waals surface area contributed by atoms with E-state index in [1.54, 1.807) is 12.1 Å². The van der Waals surface area contributed by atoms with Crippen LogP contribution in [0.15, 0.2) is 29.4 Å². The molecule has 0 radical (unpaired) electrons. The van der Waals surface area contributed by atoms with Crippen molar-refractivity contribution < 1.29 is 9.60 Å². The lowest BCUT2D eigenvalue weighted by atomic mass is 10.1. The predicted octanol–water partition coefficient (Wildman–Crippen LogP) is 1.95. The summed E-state index contributed by atoms with van der Waals surface area (Å²) >= 11 is 0.